The van der Waals surface area contributed by atoms with Gasteiger partial charge in [-0.2, -0.15) is 43.9 Å². The van der Waals surface area contributed by atoms with Crippen LogP contribution in [-0.4, -0.2) is 65.7 Å². The minimum absolute atomic E-state index is 0.177. The van der Waals surface area contributed by atoms with Crippen molar-refractivity contribution in [2.24, 2.45) is 5.41 Å². The second kappa shape index (κ2) is 11.4. The van der Waals surface area contributed by atoms with E-state index in [2.05, 4.69) is 4.74 Å². The number of benzene rings is 1. The maximum atomic E-state index is 15.6. The number of aliphatic hydroxyl groups excluding tert-OH is 1. The average Bonchev–Trinajstić information content (AvgIpc) is 2.82. The summed E-state index contributed by atoms with van der Waals surface area (Å²) < 4.78 is 208. The summed E-state index contributed by atoms with van der Waals surface area (Å²) in [4.78, 5) is 12.4. The molecule has 0 heterocycles. The first kappa shape index (κ1) is 36.6. The van der Waals surface area contributed by atoms with Crippen LogP contribution in [0.2, 0.25) is 0 Å². The normalized spacial score (nSPS) is 16.9. The third-order valence-corrected chi connectivity index (χ3v) is 6.11. The van der Waals surface area contributed by atoms with Crippen LogP contribution in [0, 0.1) is 5.41 Å². The number of esters is 1. The Kier molecular flexibility index (Phi) is 10.1. The number of hydrogen-bond acceptors (Lipinski definition) is 3. The molecule has 1 rings (SSSR count). The van der Waals surface area contributed by atoms with Gasteiger partial charge in [0.25, 0.3) is 5.92 Å². The first-order valence-electron chi connectivity index (χ1n) is 11.2. The van der Waals surface area contributed by atoms with Gasteiger partial charge in [-0.15, -0.1) is 0 Å². The number of rotatable bonds is 14. The monoisotopic (exact) mass is 632 g/mol. The van der Waals surface area contributed by atoms with Crippen LogP contribution in [0.5, 0.6) is 0 Å². The van der Waals surface area contributed by atoms with Gasteiger partial charge in [-0.25, -0.2) is 22.0 Å². The summed E-state index contributed by atoms with van der Waals surface area (Å²) in [5.74, 6) is -42.9. The van der Waals surface area contributed by atoms with Gasteiger partial charge in [-0.05, 0) is 19.4 Å². The zero-order valence-corrected chi connectivity index (χ0v) is 21.1. The molecule has 2 atom stereocenters. The maximum Gasteiger partial charge on any atom is 0.384 e. The van der Waals surface area contributed by atoms with E-state index in [1.165, 1.54) is 18.2 Å². The van der Waals surface area contributed by atoms with Gasteiger partial charge in [0.15, 0.2) is 5.67 Å². The van der Waals surface area contributed by atoms with Crippen molar-refractivity contribution in [3.63, 3.8) is 0 Å². The average molecular weight is 632 g/mol. The number of hydrogen-bond donors (Lipinski definition) is 1. The Bertz CT molecular complexity index is 1040. The summed E-state index contributed by atoms with van der Waals surface area (Å²) >= 11 is 0. The summed E-state index contributed by atoms with van der Waals surface area (Å²) in [6.07, 6.45) is -13.1. The standard InChI is InChI=1S/C23H23F15O3/c1-16(2,11-18(28,17(3,26)27)12-7-5-4-6-8-12)15(40)41-10-9-13(39)19(29,30)21(33,34)23(37,38)22(35,36)20(31,32)14(24)25/h4-8,13-14,39H,9-11H2,1-3H3. The smallest absolute Gasteiger partial charge is 0.384 e. The van der Waals surface area contributed by atoms with E-state index in [-0.39, 0.29) is 6.92 Å². The molecule has 0 fully saturated rings. The zero-order chi connectivity index (χ0) is 32.7. The van der Waals surface area contributed by atoms with Crippen LogP contribution < -0.4 is 0 Å². The lowest BCUT2D eigenvalue weighted by atomic mass is 9.75. The van der Waals surface area contributed by atoms with Crippen LogP contribution in [0.15, 0.2) is 30.3 Å². The highest BCUT2D eigenvalue weighted by Crippen LogP contribution is 2.59. The highest BCUT2D eigenvalue weighted by atomic mass is 19.4. The van der Waals surface area contributed by atoms with Gasteiger partial charge in [-0.3, -0.25) is 4.79 Å². The van der Waals surface area contributed by atoms with Crippen molar-refractivity contribution in [2.75, 3.05) is 6.61 Å². The molecular weight excluding hydrogens is 609 g/mol. The van der Waals surface area contributed by atoms with E-state index in [4.69, 9.17) is 0 Å². The quantitative estimate of drug-likeness (QED) is 0.169. The minimum Gasteiger partial charge on any atom is -0.465 e. The molecule has 0 saturated carbocycles. The molecule has 0 radical (unpaired) electrons. The second-order valence-electron chi connectivity index (χ2n) is 9.83. The van der Waals surface area contributed by atoms with Crippen molar-refractivity contribution >= 4 is 5.97 Å². The van der Waals surface area contributed by atoms with E-state index in [0.717, 1.165) is 26.0 Å². The van der Waals surface area contributed by atoms with E-state index in [1.807, 2.05) is 0 Å². The molecular formula is C23H23F15O3. The lowest BCUT2D eigenvalue weighted by molar-refractivity contribution is -0.420. The van der Waals surface area contributed by atoms with E-state index in [9.17, 15) is 71.4 Å². The Morgan fingerprint density at radius 3 is 1.61 bits per heavy atom. The SMILES string of the molecule is CC(C)(CC(F)(c1ccccc1)C(C)(F)F)C(=O)OCCC(O)C(F)(F)C(F)(F)C(F)(F)C(F)(F)C(F)(F)C(F)F. The van der Waals surface area contributed by atoms with E-state index < -0.39 is 90.1 Å². The number of carbonyl (C=O) groups is 1. The fraction of sp³-hybridized carbons (Fsp3) is 0.696. The molecule has 2 unspecified atom stereocenters. The molecule has 0 aliphatic heterocycles. The van der Waals surface area contributed by atoms with Crippen LogP contribution in [0.4, 0.5) is 65.9 Å². The molecule has 1 aromatic carbocycles. The second-order valence-corrected chi connectivity index (χ2v) is 9.83. The van der Waals surface area contributed by atoms with Crippen molar-refractivity contribution in [3.8, 4) is 0 Å². The van der Waals surface area contributed by atoms with E-state index in [1.54, 1.807) is 0 Å². The number of alkyl halides is 15. The minimum atomic E-state index is -7.86. The first-order valence-corrected chi connectivity index (χ1v) is 11.2. The fourth-order valence-electron chi connectivity index (χ4n) is 3.50. The van der Waals surface area contributed by atoms with Crippen LogP contribution >= 0.6 is 0 Å². The van der Waals surface area contributed by atoms with Gasteiger partial charge in [0.1, 0.15) is 6.10 Å². The predicted molar refractivity (Wildman–Crippen MR) is 111 cm³/mol. The number of aliphatic hydroxyl groups is 1. The molecule has 0 aromatic heterocycles. The zero-order valence-electron chi connectivity index (χ0n) is 21.1. The lowest BCUT2D eigenvalue weighted by Crippen LogP contribution is -2.70. The van der Waals surface area contributed by atoms with Crippen LogP contribution in [0.3, 0.4) is 0 Å². The van der Waals surface area contributed by atoms with Gasteiger partial charge in [0.05, 0.1) is 12.0 Å². The van der Waals surface area contributed by atoms with Gasteiger partial charge < -0.3 is 9.84 Å². The number of carbonyl (C=O) groups excluding carboxylic acids is 1. The first-order chi connectivity index (χ1) is 18.1. The Morgan fingerprint density at radius 1 is 0.756 bits per heavy atom. The Morgan fingerprint density at radius 2 is 1.20 bits per heavy atom. The summed E-state index contributed by atoms with van der Waals surface area (Å²) in [6, 6.07) is 5.63. The maximum absolute atomic E-state index is 15.6. The largest absolute Gasteiger partial charge is 0.465 e. The summed E-state index contributed by atoms with van der Waals surface area (Å²) in [6.45, 7) is 0.237. The molecule has 0 saturated heterocycles. The summed E-state index contributed by atoms with van der Waals surface area (Å²) in [7, 11) is 0. The number of ether oxygens (including phenoxy) is 1. The van der Waals surface area contributed by atoms with Crippen molar-refractivity contribution in [1.29, 1.82) is 0 Å². The van der Waals surface area contributed by atoms with Crippen molar-refractivity contribution in [1.82, 2.24) is 0 Å². The molecule has 18 heteroatoms. The molecule has 0 aliphatic carbocycles. The molecule has 1 N–H and O–H groups in total. The molecule has 0 aliphatic rings. The van der Waals surface area contributed by atoms with Gasteiger partial charge in [0, 0.05) is 19.8 Å². The molecule has 1 aromatic rings. The highest BCUT2D eigenvalue weighted by molar-refractivity contribution is 5.76. The third kappa shape index (κ3) is 6.35. The Balaban J connectivity index is 3.10. The lowest BCUT2D eigenvalue weighted by Gasteiger charge is -2.40. The van der Waals surface area contributed by atoms with Gasteiger partial charge >= 0.3 is 42.0 Å². The third-order valence-electron chi connectivity index (χ3n) is 6.11. The van der Waals surface area contributed by atoms with Crippen LogP contribution in [0.25, 0.3) is 0 Å². The van der Waals surface area contributed by atoms with E-state index in [0.29, 0.717) is 0 Å². The van der Waals surface area contributed by atoms with Crippen molar-refractivity contribution in [2.45, 2.75) is 87.3 Å². The molecule has 3 nitrogen and oxygen atoms in total. The topological polar surface area (TPSA) is 46.5 Å². The molecule has 41 heavy (non-hydrogen) atoms. The van der Waals surface area contributed by atoms with E-state index >= 15 is 4.39 Å². The Labute approximate surface area is 222 Å². The van der Waals surface area contributed by atoms with Crippen LogP contribution in [-0.2, 0) is 15.2 Å². The van der Waals surface area contributed by atoms with Gasteiger partial charge in [0.2, 0.25) is 0 Å². The predicted octanol–water partition coefficient (Wildman–Crippen LogP) is 7.66. The molecule has 0 bridgehead atoms. The summed E-state index contributed by atoms with van der Waals surface area (Å²) in [5, 5.41) is 9.32. The summed E-state index contributed by atoms with van der Waals surface area (Å²) in [5.41, 5.74) is -6.37. The Hall–Kier alpha value is -2.40. The molecule has 0 amide bonds. The van der Waals surface area contributed by atoms with Crippen LogP contribution in [0.1, 0.15) is 39.2 Å². The highest BCUT2D eigenvalue weighted by Gasteiger charge is 2.88. The number of halogens is 15. The fourth-order valence-corrected chi connectivity index (χ4v) is 3.50. The molecule has 238 valence electrons. The van der Waals surface area contributed by atoms with Crippen molar-refractivity contribution < 1.29 is 80.5 Å². The molecule has 0 spiro atoms. The van der Waals surface area contributed by atoms with Crippen molar-refractivity contribution in [3.05, 3.63) is 35.9 Å². The van der Waals surface area contributed by atoms with Gasteiger partial charge in [-0.1, -0.05) is 30.3 Å².